The van der Waals surface area contributed by atoms with Crippen LogP contribution >= 0.6 is 11.6 Å². The highest BCUT2D eigenvalue weighted by atomic mass is 35.5. The van der Waals surface area contributed by atoms with Gasteiger partial charge in [0, 0.05) is 60.0 Å². The van der Waals surface area contributed by atoms with Crippen LogP contribution in [0.5, 0.6) is 0 Å². The first kappa shape index (κ1) is 18.8. The largest absolute Gasteiger partial charge is 0.310 e. The number of carbonyl (C=O) groups excluding carboxylic acids is 2. The van der Waals surface area contributed by atoms with Crippen molar-refractivity contribution in [1.82, 2.24) is 19.8 Å². The number of nitrogens with zero attached hydrogens (tertiary/aromatic N) is 4. The molecule has 150 valence electrons. The van der Waals surface area contributed by atoms with Crippen molar-refractivity contribution in [3.05, 3.63) is 94.5 Å². The fourth-order valence-electron chi connectivity index (χ4n) is 4.60. The molecule has 0 spiro atoms. The second-order valence-electron chi connectivity index (χ2n) is 7.39. The molecule has 2 aliphatic heterocycles. The molecule has 30 heavy (non-hydrogen) atoms. The molecular weight excluding hydrogens is 400 g/mol. The molecule has 1 unspecified atom stereocenters. The number of aromatic nitrogens is 2. The van der Waals surface area contributed by atoms with Crippen LogP contribution in [0.3, 0.4) is 0 Å². The lowest BCUT2D eigenvalue weighted by Gasteiger charge is -2.40. The first-order chi connectivity index (χ1) is 14.6. The zero-order chi connectivity index (χ0) is 20.7. The van der Waals surface area contributed by atoms with Gasteiger partial charge in [0.1, 0.15) is 5.82 Å². The maximum Gasteiger partial charge on any atom is 0.256 e. The van der Waals surface area contributed by atoms with Gasteiger partial charge < -0.3 is 9.80 Å². The molecule has 1 aromatic heterocycles. The molecule has 3 aromatic rings. The van der Waals surface area contributed by atoms with Crippen LogP contribution in [0.15, 0.2) is 67.0 Å². The highest BCUT2D eigenvalue weighted by Gasteiger charge is 2.59. The Balaban J connectivity index is 1.58. The van der Waals surface area contributed by atoms with Gasteiger partial charge in [0.2, 0.25) is 5.91 Å². The van der Waals surface area contributed by atoms with Gasteiger partial charge in [-0.1, -0.05) is 41.9 Å². The van der Waals surface area contributed by atoms with E-state index in [2.05, 4.69) is 9.97 Å². The molecule has 0 aliphatic carbocycles. The molecule has 7 heteroatoms. The lowest BCUT2D eigenvalue weighted by atomic mass is 9.89. The van der Waals surface area contributed by atoms with Gasteiger partial charge in [-0.3, -0.25) is 9.59 Å². The average molecular weight is 419 g/mol. The second-order valence-corrected chi connectivity index (χ2v) is 7.83. The molecule has 2 aromatic carbocycles. The Bertz CT molecular complexity index is 1120. The average Bonchev–Trinajstić information content (AvgIpc) is 3.29. The summed E-state index contributed by atoms with van der Waals surface area (Å²) >= 11 is 6.13. The molecule has 1 atom stereocenters. The van der Waals surface area contributed by atoms with Crippen LogP contribution in [-0.2, 0) is 16.9 Å². The maximum atomic E-state index is 13.4. The minimum Gasteiger partial charge on any atom is -0.310 e. The van der Waals surface area contributed by atoms with Crippen molar-refractivity contribution in [2.24, 2.45) is 0 Å². The molecule has 2 amide bonds. The number of aryl methyl sites for hydroxylation is 1. The van der Waals surface area contributed by atoms with Gasteiger partial charge in [0.15, 0.2) is 5.66 Å². The van der Waals surface area contributed by atoms with Gasteiger partial charge in [-0.2, -0.15) is 0 Å². The van der Waals surface area contributed by atoms with E-state index >= 15 is 0 Å². The van der Waals surface area contributed by atoms with Crippen LogP contribution in [0.25, 0.3) is 0 Å². The van der Waals surface area contributed by atoms with E-state index in [-0.39, 0.29) is 18.2 Å². The molecule has 2 aliphatic rings. The summed E-state index contributed by atoms with van der Waals surface area (Å²) in [7, 11) is 0. The molecule has 1 fully saturated rings. The first-order valence-electron chi connectivity index (χ1n) is 9.86. The summed E-state index contributed by atoms with van der Waals surface area (Å²) in [6.07, 6.45) is 4.06. The van der Waals surface area contributed by atoms with Gasteiger partial charge in [-0.15, -0.1) is 0 Å². The predicted octanol–water partition coefficient (Wildman–Crippen LogP) is 3.26. The number of halogens is 1. The summed E-state index contributed by atoms with van der Waals surface area (Å²) in [5, 5.41) is 0.608. The third kappa shape index (κ3) is 2.71. The van der Waals surface area contributed by atoms with E-state index in [1.807, 2.05) is 41.3 Å². The molecular formula is C23H19ClN4O2. The Labute approximate surface area is 179 Å². The third-order valence-electron chi connectivity index (χ3n) is 5.84. The highest BCUT2D eigenvalue weighted by Crippen LogP contribution is 2.49. The van der Waals surface area contributed by atoms with E-state index in [0.717, 1.165) is 11.1 Å². The summed E-state index contributed by atoms with van der Waals surface area (Å²) < 4.78 is 0. The Morgan fingerprint density at radius 1 is 1.00 bits per heavy atom. The first-order valence-corrected chi connectivity index (χ1v) is 10.2. The molecule has 5 rings (SSSR count). The topological polar surface area (TPSA) is 66.4 Å². The molecule has 3 heterocycles. The number of amides is 2. The van der Waals surface area contributed by atoms with Crippen LogP contribution in [-0.4, -0.2) is 44.7 Å². The summed E-state index contributed by atoms with van der Waals surface area (Å²) in [5.74, 6) is 0.539. The van der Waals surface area contributed by atoms with Crippen molar-refractivity contribution < 1.29 is 9.59 Å². The molecule has 0 radical (unpaired) electrons. The maximum absolute atomic E-state index is 13.4. The molecule has 0 bridgehead atoms. The van der Waals surface area contributed by atoms with Crippen LogP contribution < -0.4 is 0 Å². The zero-order valence-electron chi connectivity index (χ0n) is 16.2. The SMILES string of the molecule is O=C(CCc1ncccn1)N1CCN2C(=O)c3ccccc3C12c1ccc(Cl)cc1. The van der Waals surface area contributed by atoms with Crippen LogP contribution in [0.2, 0.25) is 5.02 Å². The van der Waals surface area contributed by atoms with E-state index in [1.165, 1.54) is 0 Å². The lowest BCUT2D eigenvalue weighted by Crippen LogP contribution is -2.51. The minimum absolute atomic E-state index is 0.0376. The Kier molecular flexibility index (Phi) is 4.51. The van der Waals surface area contributed by atoms with Crippen LogP contribution in [0.4, 0.5) is 0 Å². The summed E-state index contributed by atoms with van der Waals surface area (Å²) in [5.41, 5.74) is 1.37. The fraction of sp³-hybridized carbons (Fsp3) is 0.217. The standard InChI is InChI=1S/C23H19ClN4O2/c24-17-8-6-16(7-9-17)23-19-5-2-1-4-18(19)22(30)28(23)15-14-27(23)21(29)11-10-20-25-12-3-13-26-20/h1-9,12-13H,10-11,14-15H2. The number of hydrogen-bond donors (Lipinski definition) is 0. The minimum atomic E-state index is -0.951. The predicted molar refractivity (Wildman–Crippen MR) is 112 cm³/mol. The molecule has 0 saturated carbocycles. The smallest absolute Gasteiger partial charge is 0.256 e. The number of benzene rings is 2. The van der Waals surface area contributed by atoms with Crippen LogP contribution in [0.1, 0.15) is 33.7 Å². The second kappa shape index (κ2) is 7.22. The van der Waals surface area contributed by atoms with Crippen molar-refractivity contribution in [1.29, 1.82) is 0 Å². The normalized spacial score (nSPS) is 19.7. The third-order valence-corrected chi connectivity index (χ3v) is 6.09. The van der Waals surface area contributed by atoms with Crippen molar-refractivity contribution in [2.45, 2.75) is 18.5 Å². The van der Waals surface area contributed by atoms with Gasteiger partial charge in [-0.05, 0) is 24.3 Å². The van der Waals surface area contributed by atoms with E-state index in [0.29, 0.717) is 35.9 Å². The quantitative estimate of drug-likeness (QED) is 0.652. The monoisotopic (exact) mass is 418 g/mol. The van der Waals surface area contributed by atoms with Gasteiger partial charge in [0.05, 0.1) is 0 Å². The fourth-order valence-corrected chi connectivity index (χ4v) is 4.72. The van der Waals surface area contributed by atoms with Gasteiger partial charge in [-0.25, -0.2) is 9.97 Å². The molecule has 0 N–H and O–H groups in total. The summed E-state index contributed by atoms with van der Waals surface area (Å²) in [6.45, 7) is 0.945. The molecule has 1 saturated heterocycles. The zero-order valence-corrected chi connectivity index (χ0v) is 16.9. The Morgan fingerprint density at radius 2 is 1.73 bits per heavy atom. The van der Waals surface area contributed by atoms with Crippen LogP contribution in [0, 0.1) is 0 Å². The number of carbonyl (C=O) groups is 2. The van der Waals surface area contributed by atoms with Crippen molar-refractivity contribution in [2.75, 3.05) is 13.1 Å². The Morgan fingerprint density at radius 3 is 2.50 bits per heavy atom. The van der Waals surface area contributed by atoms with E-state index in [1.54, 1.807) is 35.5 Å². The summed E-state index contributed by atoms with van der Waals surface area (Å²) in [6, 6.07) is 16.7. The van der Waals surface area contributed by atoms with Crippen molar-refractivity contribution in [3.63, 3.8) is 0 Å². The van der Waals surface area contributed by atoms with E-state index in [9.17, 15) is 9.59 Å². The van der Waals surface area contributed by atoms with Crippen molar-refractivity contribution in [3.8, 4) is 0 Å². The number of hydrogen-bond acceptors (Lipinski definition) is 4. The number of rotatable bonds is 4. The van der Waals surface area contributed by atoms with Crippen molar-refractivity contribution >= 4 is 23.4 Å². The molecule has 6 nitrogen and oxygen atoms in total. The van der Waals surface area contributed by atoms with E-state index < -0.39 is 5.66 Å². The highest BCUT2D eigenvalue weighted by molar-refractivity contribution is 6.30. The van der Waals surface area contributed by atoms with E-state index in [4.69, 9.17) is 11.6 Å². The van der Waals surface area contributed by atoms with Gasteiger partial charge in [0.25, 0.3) is 5.91 Å². The lowest BCUT2D eigenvalue weighted by molar-refractivity contribution is -0.136. The number of fused-ring (bicyclic) bond motifs is 3. The van der Waals surface area contributed by atoms with Gasteiger partial charge >= 0.3 is 0 Å². The summed E-state index contributed by atoms with van der Waals surface area (Å²) in [4.78, 5) is 38.7. The Hall–Kier alpha value is -3.25.